The van der Waals surface area contributed by atoms with Crippen LogP contribution in [-0.4, -0.2) is 48.2 Å². The molecular weight excluding hydrogens is 419 g/mol. The summed E-state index contributed by atoms with van der Waals surface area (Å²) in [5.41, 5.74) is 8.46. The highest BCUT2D eigenvalue weighted by Crippen LogP contribution is 2.36. The van der Waals surface area contributed by atoms with Crippen molar-refractivity contribution in [3.8, 4) is 11.1 Å². The number of hydrogen-bond acceptors (Lipinski definition) is 3. The maximum atomic E-state index is 13.0. The zero-order chi connectivity index (χ0) is 23.3. The van der Waals surface area contributed by atoms with Gasteiger partial charge in [-0.3, -0.25) is 9.69 Å². The number of benzene rings is 1. The predicted octanol–water partition coefficient (Wildman–Crippen LogP) is 4.65. The first-order valence-electron chi connectivity index (χ1n) is 11.2. The Bertz CT molecular complexity index is 914. The first kappa shape index (κ1) is 24.3. The van der Waals surface area contributed by atoms with Gasteiger partial charge in [0.05, 0.1) is 24.3 Å². The first-order valence-corrected chi connectivity index (χ1v) is 11.2. The fraction of sp³-hybridized carbons (Fsp3) is 0.542. The molecule has 1 aliphatic rings. The van der Waals surface area contributed by atoms with Crippen LogP contribution in [0.25, 0.3) is 11.1 Å². The van der Waals surface area contributed by atoms with Crippen LogP contribution in [0.4, 0.5) is 13.2 Å². The Labute approximate surface area is 187 Å². The van der Waals surface area contributed by atoms with Gasteiger partial charge in [-0.25, -0.2) is 0 Å². The number of morpholine rings is 1. The number of amides is 1. The minimum atomic E-state index is -4.41. The van der Waals surface area contributed by atoms with E-state index in [1.54, 1.807) is 0 Å². The van der Waals surface area contributed by atoms with E-state index in [1.165, 1.54) is 12.1 Å². The third-order valence-electron chi connectivity index (χ3n) is 6.11. The van der Waals surface area contributed by atoms with Crippen molar-refractivity contribution >= 4 is 5.91 Å². The molecule has 2 N–H and O–H groups in total. The number of carbonyl (C=O) groups is 1. The molecule has 5 nitrogen and oxygen atoms in total. The normalized spacial score (nSPS) is 15.3. The molecule has 1 aromatic carbocycles. The predicted molar refractivity (Wildman–Crippen MR) is 119 cm³/mol. The van der Waals surface area contributed by atoms with Crippen molar-refractivity contribution in [1.82, 2.24) is 9.47 Å². The van der Waals surface area contributed by atoms with E-state index in [1.807, 2.05) is 6.92 Å². The first-order chi connectivity index (χ1) is 15.2. The fourth-order valence-electron chi connectivity index (χ4n) is 4.42. The molecule has 1 aliphatic heterocycles. The van der Waals surface area contributed by atoms with E-state index in [-0.39, 0.29) is 0 Å². The highest BCUT2D eigenvalue weighted by atomic mass is 19.4. The van der Waals surface area contributed by atoms with Gasteiger partial charge in [0, 0.05) is 43.1 Å². The van der Waals surface area contributed by atoms with Gasteiger partial charge in [-0.2, -0.15) is 13.2 Å². The molecule has 1 fully saturated rings. The van der Waals surface area contributed by atoms with Crippen molar-refractivity contribution in [2.75, 3.05) is 32.8 Å². The van der Waals surface area contributed by atoms with Crippen LogP contribution in [0.2, 0.25) is 0 Å². The van der Waals surface area contributed by atoms with Crippen molar-refractivity contribution in [2.24, 2.45) is 5.73 Å². The average Bonchev–Trinajstić information content (AvgIpc) is 3.04. The number of carbonyl (C=O) groups excluding carboxylic acids is 1. The van der Waals surface area contributed by atoms with Gasteiger partial charge in [-0.15, -0.1) is 0 Å². The highest BCUT2D eigenvalue weighted by Gasteiger charge is 2.31. The molecule has 2 heterocycles. The second-order valence-corrected chi connectivity index (χ2v) is 8.28. The second kappa shape index (κ2) is 10.5. The Morgan fingerprint density at radius 2 is 1.75 bits per heavy atom. The van der Waals surface area contributed by atoms with Gasteiger partial charge in [-0.05, 0) is 43.9 Å². The Morgan fingerprint density at radius 3 is 2.31 bits per heavy atom. The standard InChI is InChI=1S/C24H32F3N3O2/c1-3-4-6-20-22(18-7-9-19(10-8-18)24(25,26)27)21(23(28)31)17(2)30(20)12-5-11-29-13-15-32-16-14-29/h7-10H,3-6,11-16H2,1-2H3,(H2,28,31). The minimum absolute atomic E-state index is 0.405. The van der Waals surface area contributed by atoms with Gasteiger partial charge in [-0.1, -0.05) is 25.5 Å². The molecule has 0 unspecified atom stereocenters. The van der Waals surface area contributed by atoms with E-state index in [0.717, 1.165) is 88.6 Å². The molecule has 0 bridgehead atoms. The van der Waals surface area contributed by atoms with E-state index >= 15 is 0 Å². The van der Waals surface area contributed by atoms with Crippen LogP contribution in [-0.2, 0) is 23.9 Å². The molecule has 1 saturated heterocycles. The van der Waals surface area contributed by atoms with Crippen LogP contribution in [0.3, 0.4) is 0 Å². The van der Waals surface area contributed by atoms with E-state index in [2.05, 4.69) is 16.4 Å². The van der Waals surface area contributed by atoms with Crippen LogP contribution < -0.4 is 5.73 Å². The highest BCUT2D eigenvalue weighted by molar-refractivity contribution is 6.02. The van der Waals surface area contributed by atoms with Crippen LogP contribution in [0.15, 0.2) is 24.3 Å². The lowest BCUT2D eigenvalue weighted by molar-refractivity contribution is -0.137. The van der Waals surface area contributed by atoms with Crippen LogP contribution >= 0.6 is 0 Å². The SMILES string of the molecule is CCCCc1c(-c2ccc(C(F)(F)F)cc2)c(C(N)=O)c(C)n1CCCN1CCOCC1. The van der Waals surface area contributed by atoms with E-state index in [9.17, 15) is 18.0 Å². The largest absolute Gasteiger partial charge is 0.416 e. The number of nitrogens with zero attached hydrogens (tertiary/aromatic N) is 2. The number of aromatic nitrogens is 1. The van der Waals surface area contributed by atoms with Crippen LogP contribution in [0.1, 0.15) is 53.5 Å². The van der Waals surface area contributed by atoms with Crippen molar-refractivity contribution in [3.63, 3.8) is 0 Å². The molecule has 0 radical (unpaired) electrons. The molecule has 0 saturated carbocycles. The summed E-state index contributed by atoms with van der Waals surface area (Å²) in [6, 6.07) is 5.01. The zero-order valence-corrected chi connectivity index (χ0v) is 18.8. The minimum Gasteiger partial charge on any atom is -0.379 e. The number of halogens is 3. The lowest BCUT2D eigenvalue weighted by Crippen LogP contribution is -2.37. The van der Waals surface area contributed by atoms with Gasteiger partial charge in [0.1, 0.15) is 0 Å². The average molecular weight is 452 g/mol. The monoisotopic (exact) mass is 451 g/mol. The zero-order valence-electron chi connectivity index (χ0n) is 18.8. The summed E-state index contributed by atoms with van der Waals surface area (Å²) in [5.74, 6) is -0.554. The number of alkyl halides is 3. The Morgan fingerprint density at radius 1 is 1.09 bits per heavy atom. The van der Waals surface area contributed by atoms with Gasteiger partial charge < -0.3 is 15.0 Å². The summed E-state index contributed by atoms with van der Waals surface area (Å²) in [4.78, 5) is 14.8. The number of primary amides is 1. The molecule has 0 spiro atoms. The summed E-state index contributed by atoms with van der Waals surface area (Å²) in [5, 5.41) is 0. The lowest BCUT2D eigenvalue weighted by atomic mass is 9.96. The maximum absolute atomic E-state index is 13.0. The number of rotatable bonds is 9. The number of ether oxygens (including phenoxy) is 1. The number of nitrogens with two attached hydrogens (primary N) is 1. The molecule has 2 aromatic rings. The molecule has 1 aromatic heterocycles. The molecule has 8 heteroatoms. The number of hydrogen-bond donors (Lipinski definition) is 1. The van der Waals surface area contributed by atoms with Crippen molar-refractivity contribution in [1.29, 1.82) is 0 Å². The van der Waals surface area contributed by atoms with Crippen LogP contribution in [0.5, 0.6) is 0 Å². The maximum Gasteiger partial charge on any atom is 0.416 e. The number of unbranched alkanes of at least 4 members (excludes halogenated alkanes) is 1. The smallest absolute Gasteiger partial charge is 0.379 e. The quantitative estimate of drug-likeness (QED) is 0.604. The Balaban J connectivity index is 1.96. The fourth-order valence-corrected chi connectivity index (χ4v) is 4.42. The topological polar surface area (TPSA) is 60.5 Å². The summed E-state index contributed by atoms with van der Waals surface area (Å²) >= 11 is 0. The van der Waals surface area contributed by atoms with Gasteiger partial charge >= 0.3 is 6.18 Å². The van der Waals surface area contributed by atoms with Gasteiger partial charge in [0.2, 0.25) is 0 Å². The molecule has 0 atom stereocenters. The van der Waals surface area contributed by atoms with E-state index in [0.29, 0.717) is 16.7 Å². The summed E-state index contributed by atoms with van der Waals surface area (Å²) < 4.78 is 46.7. The molecule has 176 valence electrons. The third-order valence-corrected chi connectivity index (χ3v) is 6.11. The summed E-state index contributed by atoms with van der Waals surface area (Å²) in [6.45, 7) is 8.93. The third kappa shape index (κ3) is 5.53. The van der Waals surface area contributed by atoms with Crippen molar-refractivity contribution in [2.45, 2.75) is 52.3 Å². The van der Waals surface area contributed by atoms with E-state index in [4.69, 9.17) is 10.5 Å². The molecule has 3 rings (SSSR count). The van der Waals surface area contributed by atoms with E-state index < -0.39 is 17.6 Å². The van der Waals surface area contributed by atoms with Gasteiger partial charge in [0.15, 0.2) is 0 Å². The summed E-state index contributed by atoms with van der Waals surface area (Å²) in [6.07, 6.45) is -0.885. The molecule has 0 aliphatic carbocycles. The van der Waals surface area contributed by atoms with Gasteiger partial charge in [0.25, 0.3) is 5.91 Å². The van der Waals surface area contributed by atoms with Crippen LogP contribution in [0, 0.1) is 6.92 Å². The molecule has 1 amide bonds. The van der Waals surface area contributed by atoms with Crippen molar-refractivity contribution < 1.29 is 22.7 Å². The molecule has 32 heavy (non-hydrogen) atoms. The lowest BCUT2D eigenvalue weighted by Gasteiger charge is -2.26. The Kier molecular flexibility index (Phi) is 8.00. The van der Waals surface area contributed by atoms with Crippen molar-refractivity contribution in [3.05, 3.63) is 46.8 Å². The summed E-state index contributed by atoms with van der Waals surface area (Å²) in [7, 11) is 0. The second-order valence-electron chi connectivity index (χ2n) is 8.28. The molecular formula is C24H32F3N3O2. The Hall–Kier alpha value is -2.32.